The molecule has 0 spiro atoms. The van der Waals surface area contributed by atoms with Crippen molar-refractivity contribution in [1.29, 1.82) is 0 Å². The van der Waals surface area contributed by atoms with E-state index in [-0.39, 0.29) is 19.8 Å². The minimum Gasteiger partial charge on any atom is -0.390 e. The van der Waals surface area contributed by atoms with Gasteiger partial charge >= 0.3 is 0 Å². The number of hydrogen-bond acceptors (Lipinski definition) is 4. The summed E-state index contributed by atoms with van der Waals surface area (Å²) < 4.78 is 35.9. The lowest BCUT2D eigenvalue weighted by Crippen LogP contribution is -2.37. The van der Waals surface area contributed by atoms with Crippen LogP contribution in [0.25, 0.3) is 0 Å². The van der Waals surface area contributed by atoms with Crippen LogP contribution in [0.1, 0.15) is 25.8 Å². The van der Waals surface area contributed by atoms with Gasteiger partial charge in [0.15, 0.2) is 0 Å². The number of rotatable bonds is 10. The van der Waals surface area contributed by atoms with E-state index in [1.807, 2.05) is 91.0 Å². The second-order valence-electron chi connectivity index (χ2n) is 7.69. The van der Waals surface area contributed by atoms with Crippen molar-refractivity contribution < 1.29 is 22.1 Å². The van der Waals surface area contributed by atoms with Gasteiger partial charge in [-0.3, -0.25) is 0 Å². The van der Waals surface area contributed by atoms with Crippen molar-refractivity contribution in [1.82, 2.24) is 0 Å². The van der Waals surface area contributed by atoms with Crippen molar-refractivity contribution in [3.8, 4) is 0 Å². The lowest BCUT2D eigenvalue weighted by Gasteiger charge is -2.26. The van der Waals surface area contributed by atoms with E-state index < -0.39 is 30.6 Å². The predicted molar refractivity (Wildman–Crippen MR) is 120 cm³/mol. The van der Waals surface area contributed by atoms with Crippen molar-refractivity contribution >= 4 is 0 Å². The summed E-state index contributed by atoms with van der Waals surface area (Å²) in [5, 5.41) is 10.9. The standard InChI is InChI=1S/C27H30O4/c28-25-16-24(20-29-17-21-10-4-1-5-11-21)26(30-18-22-12-6-2-7-13-22)27(25)31-19-23-14-8-3-9-15-23/h1-15,24-28H,16-20H2/t24-,25-,26-,27-/m1/s1/i16D,24D/t16-,24+,25+,26+,27+/m0. The summed E-state index contributed by atoms with van der Waals surface area (Å²) in [6.07, 6.45) is -3.92. The summed E-state index contributed by atoms with van der Waals surface area (Å²) in [5.74, 6) is -1.48. The summed E-state index contributed by atoms with van der Waals surface area (Å²) >= 11 is 0. The molecule has 3 aromatic rings. The Balaban J connectivity index is 1.49. The third-order valence-electron chi connectivity index (χ3n) is 5.32. The predicted octanol–water partition coefficient (Wildman–Crippen LogP) is 4.75. The highest BCUT2D eigenvalue weighted by atomic mass is 16.6. The van der Waals surface area contributed by atoms with Gasteiger partial charge in [-0.15, -0.1) is 0 Å². The van der Waals surface area contributed by atoms with Crippen LogP contribution in [0.3, 0.4) is 0 Å². The molecule has 31 heavy (non-hydrogen) atoms. The first kappa shape index (κ1) is 19.2. The molecule has 5 atom stereocenters. The van der Waals surface area contributed by atoms with Crippen molar-refractivity contribution in [2.75, 3.05) is 6.61 Å². The molecule has 1 aliphatic rings. The monoisotopic (exact) mass is 420 g/mol. The second-order valence-corrected chi connectivity index (χ2v) is 7.69. The average molecular weight is 421 g/mol. The highest BCUT2D eigenvalue weighted by Crippen LogP contribution is 2.33. The number of aliphatic hydroxyl groups excluding tert-OH is 1. The van der Waals surface area contributed by atoms with E-state index in [1.54, 1.807) is 0 Å². The highest BCUT2D eigenvalue weighted by Gasteiger charge is 2.44. The molecule has 0 unspecified atom stereocenters. The van der Waals surface area contributed by atoms with E-state index >= 15 is 0 Å². The molecule has 3 aromatic carbocycles. The van der Waals surface area contributed by atoms with Gasteiger partial charge in [0.2, 0.25) is 0 Å². The van der Waals surface area contributed by atoms with Crippen LogP contribution in [0, 0.1) is 5.89 Å². The fourth-order valence-corrected chi connectivity index (χ4v) is 3.71. The van der Waals surface area contributed by atoms with Crippen molar-refractivity contribution in [2.24, 2.45) is 5.89 Å². The van der Waals surface area contributed by atoms with Crippen molar-refractivity contribution in [3.63, 3.8) is 0 Å². The molecule has 4 heteroatoms. The average Bonchev–Trinajstić information content (AvgIpc) is 3.03. The second kappa shape index (κ2) is 11.2. The van der Waals surface area contributed by atoms with Gasteiger partial charge in [0.25, 0.3) is 0 Å². The lowest BCUT2D eigenvalue weighted by molar-refractivity contribution is -0.116. The molecule has 0 bridgehead atoms. The van der Waals surface area contributed by atoms with Crippen LogP contribution in [0.4, 0.5) is 0 Å². The fourth-order valence-electron chi connectivity index (χ4n) is 3.71. The molecule has 0 amide bonds. The zero-order valence-corrected chi connectivity index (χ0v) is 17.5. The lowest BCUT2D eigenvalue weighted by atomic mass is 10.1. The third kappa shape index (κ3) is 6.25. The van der Waals surface area contributed by atoms with E-state index in [4.69, 9.17) is 17.0 Å². The maximum absolute atomic E-state index is 10.9. The van der Waals surface area contributed by atoms with Crippen LogP contribution in [0.2, 0.25) is 0 Å². The van der Waals surface area contributed by atoms with Gasteiger partial charge in [0.1, 0.15) is 6.10 Å². The Kier molecular flexibility index (Phi) is 6.95. The molecular formula is C27H30O4. The molecule has 162 valence electrons. The number of aliphatic hydroxyl groups is 1. The Morgan fingerprint density at radius 3 is 1.68 bits per heavy atom. The van der Waals surface area contributed by atoms with E-state index in [0.717, 1.165) is 16.7 Å². The molecule has 1 aliphatic carbocycles. The van der Waals surface area contributed by atoms with Gasteiger partial charge in [-0.2, -0.15) is 0 Å². The van der Waals surface area contributed by atoms with E-state index in [1.165, 1.54) is 0 Å². The summed E-state index contributed by atoms with van der Waals surface area (Å²) in [7, 11) is 0. The van der Waals surface area contributed by atoms with E-state index in [2.05, 4.69) is 0 Å². The Morgan fingerprint density at radius 2 is 1.16 bits per heavy atom. The molecule has 0 radical (unpaired) electrons. The largest absolute Gasteiger partial charge is 0.390 e. The van der Waals surface area contributed by atoms with Crippen LogP contribution in [0.15, 0.2) is 91.0 Å². The molecule has 0 heterocycles. The molecule has 0 aromatic heterocycles. The van der Waals surface area contributed by atoms with Crippen LogP contribution in [-0.4, -0.2) is 30.0 Å². The number of ether oxygens (including phenoxy) is 3. The van der Waals surface area contributed by atoms with Crippen molar-refractivity contribution in [3.05, 3.63) is 108 Å². The summed E-state index contributed by atoms with van der Waals surface area (Å²) in [6.45, 7) is 0.805. The van der Waals surface area contributed by atoms with Crippen LogP contribution in [0.5, 0.6) is 0 Å². The zero-order valence-electron chi connectivity index (χ0n) is 19.5. The van der Waals surface area contributed by atoms with E-state index in [9.17, 15) is 5.11 Å². The topological polar surface area (TPSA) is 47.9 Å². The maximum atomic E-state index is 10.9. The third-order valence-corrected chi connectivity index (χ3v) is 5.32. The molecule has 0 aliphatic heterocycles. The summed E-state index contributed by atoms with van der Waals surface area (Å²) in [6, 6.07) is 29.0. The zero-order chi connectivity index (χ0) is 23.1. The highest BCUT2D eigenvalue weighted by molar-refractivity contribution is 5.15. The van der Waals surface area contributed by atoms with Crippen molar-refractivity contribution in [2.45, 2.75) is 44.5 Å². The first-order valence-electron chi connectivity index (χ1n) is 11.7. The molecule has 1 fully saturated rings. The van der Waals surface area contributed by atoms with E-state index in [0.29, 0.717) is 6.61 Å². The smallest absolute Gasteiger partial charge is 0.110 e. The number of benzene rings is 3. The first-order valence-corrected chi connectivity index (χ1v) is 10.6. The van der Waals surface area contributed by atoms with Crippen LogP contribution < -0.4 is 0 Å². The minimum atomic E-state index is -1.48. The van der Waals surface area contributed by atoms with Gasteiger partial charge in [0, 0.05) is 8.64 Å². The summed E-state index contributed by atoms with van der Waals surface area (Å²) in [4.78, 5) is 0. The SMILES string of the molecule is [2H][C@@H]1[C@@H](O)[C@@H](OCc2ccccc2)[C@H](OCc2ccccc2)[C@@]1([2H])COCc1ccccc1. The molecule has 4 rings (SSSR count). The fraction of sp³-hybridized carbons (Fsp3) is 0.333. The first-order chi connectivity index (χ1) is 16.1. The number of hydrogen-bond donors (Lipinski definition) is 1. The van der Waals surface area contributed by atoms with Gasteiger partial charge in [0.05, 0.1) is 38.6 Å². The Morgan fingerprint density at radius 1 is 0.710 bits per heavy atom. The Labute approximate surface area is 187 Å². The van der Waals surface area contributed by atoms with Crippen LogP contribution >= 0.6 is 0 Å². The molecule has 4 nitrogen and oxygen atoms in total. The molecular weight excluding hydrogens is 388 g/mol. The van der Waals surface area contributed by atoms with Gasteiger partial charge in [-0.05, 0) is 23.1 Å². The molecule has 1 saturated carbocycles. The van der Waals surface area contributed by atoms with Gasteiger partial charge < -0.3 is 19.3 Å². The molecule has 0 saturated heterocycles. The quantitative estimate of drug-likeness (QED) is 0.514. The Bertz CT molecular complexity index is 973. The maximum Gasteiger partial charge on any atom is 0.110 e. The van der Waals surface area contributed by atoms with Gasteiger partial charge in [-0.1, -0.05) is 91.0 Å². The normalized spacial score (nSPS) is 28.8. The van der Waals surface area contributed by atoms with Gasteiger partial charge in [-0.25, -0.2) is 0 Å². The molecule has 1 N–H and O–H groups in total. The van der Waals surface area contributed by atoms with Crippen LogP contribution in [-0.2, 0) is 34.0 Å². The Hall–Kier alpha value is -2.50. The minimum absolute atomic E-state index is 0.0439. The summed E-state index contributed by atoms with van der Waals surface area (Å²) in [5.41, 5.74) is 2.89.